The molecule has 0 aliphatic rings. The number of benzene rings is 1. The summed E-state index contributed by atoms with van der Waals surface area (Å²) in [5.74, 6) is -0.782. The Hall–Kier alpha value is -1.06. The molecule has 0 aromatic heterocycles. The third-order valence-corrected chi connectivity index (χ3v) is 3.38. The van der Waals surface area contributed by atoms with Gasteiger partial charge in [-0.15, -0.1) is 0 Å². The van der Waals surface area contributed by atoms with E-state index in [1.807, 2.05) is 50.1 Å². The summed E-state index contributed by atoms with van der Waals surface area (Å²) >= 11 is 5.83. The number of carbonyl (C=O) groups is 1. The van der Waals surface area contributed by atoms with Gasteiger partial charge in [0.05, 0.1) is 0 Å². The summed E-state index contributed by atoms with van der Waals surface area (Å²) in [6.45, 7) is 3.87. The van der Waals surface area contributed by atoms with E-state index in [4.69, 9.17) is 16.7 Å². The molecule has 0 aliphatic carbocycles. The molecule has 17 heavy (non-hydrogen) atoms. The highest BCUT2D eigenvalue weighted by Gasteiger charge is 2.25. The van der Waals surface area contributed by atoms with Gasteiger partial charge in [0.1, 0.15) is 6.04 Å². The van der Waals surface area contributed by atoms with Gasteiger partial charge in [-0.25, -0.2) is 0 Å². The minimum Gasteiger partial charge on any atom is -0.480 e. The van der Waals surface area contributed by atoms with E-state index in [0.717, 1.165) is 5.56 Å². The molecule has 0 amide bonds. The molecule has 1 aromatic carbocycles. The lowest BCUT2D eigenvalue weighted by Gasteiger charge is -2.30. The second-order valence-corrected chi connectivity index (χ2v) is 4.59. The van der Waals surface area contributed by atoms with E-state index >= 15 is 0 Å². The first kappa shape index (κ1) is 14.0. The monoisotopic (exact) mass is 255 g/mol. The third-order valence-electron chi connectivity index (χ3n) is 3.13. The summed E-state index contributed by atoms with van der Waals surface area (Å²) in [4.78, 5) is 13.0. The van der Waals surface area contributed by atoms with Gasteiger partial charge in [-0.1, -0.05) is 30.7 Å². The first-order valence-corrected chi connectivity index (χ1v) is 6.05. The van der Waals surface area contributed by atoms with Crippen molar-refractivity contribution in [2.24, 2.45) is 0 Å². The van der Waals surface area contributed by atoms with Gasteiger partial charge >= 0.3 is 5.97 Å². The quantitative estimate of drug-likeness (QED) is 0.878. The van der Waals surface area contributed by atoms with Crippen molar-refractivity contribution in [2.75, 3.05) is 7.05 Å². The van der Waals surface area contributed by atoms with E-state index in [1.54, 1.807) is 0 Å². The van der Waals surface area contributed by atoms with Crippen molar-refractivity contribution >= 4 is 17.6 Å². The molecule has 0 bridgehead atoms. The van der Waals surface area contributed by atoms with Crippen LogP contribution in [0, 0.1) is 0 Å². The van der Waals surface area contributed by atoms with Crippen LogP contribution in [-0.2, 0) is 4.79 Å². The van der Waals surface area contributed by atoms with Crippen molar-refractivity contribution in [1.82, 2.24) is 4.90 Å². The van der Waals surface area contributed by atoms with Crippen molar-refractivity contribution in [3.63, 3.8) is 0 Å². The molecule has 3 nitrogen and oxygen atoms in total. The average Bonchev–Trinajstić information content (AvgIpc) is 2.29. The van der Waals surface area contributed by atoms with Crippen LogP contribution in [0.2, 0.25) is 5.02 Å². The summed E-state index contributed by atoms with van der Waals surface area (Å²) in [6, 6.07) is 7.09. The Labute approximate surface area is 107 Å². The fourth-order valence-corrected chi connectivity index (χ4v) is 2.01. The zero-order valence-corrected chi connectivity index (χ0v) is 11.1. The number of halogens is 1. The smallest absolute Gasteiger partial charge is 0.320 e. The van der Waals surface area contributed by atoms with Crippen LogP contribution in [0.15, 0.2) is 24.3 Å². The summed E-state index contributed by atoms with van der Waals surface area (Å²) < 4.78 is 0. The Kier molecular flexibility index (Phi) is 4.97. The SMILES string of the molecule is CCC(C(=O)O)N(C)C(C)c1ccc(Cl)cc1. The predicted molar refractivity (Wildman–Crippen MR) is 69.3 cm³/mol. The molecule has 0 saturated heterocycles. The van der Waals surface area contributed by atoms with Crippen LogP contribution in [0.25, 0.3) is 0 Å². The fourth-order valence-electron chi connectivity index (χ4n) is 1.88. The second-order valence-electron chi connectivity index (χ2n) is 4.16. The number of rotatable bonds is 5. The number of aliphatic carboxylic acids is 1. The molecule has 0 heterocycles. The van der Waals surface area contributed by atoms with Gasteiger partial charge in [0.15, 0.2) is 0 Å². The zero-order chi connectivity index (χ0) is 13.0. The Bertz CT molecular complexity index is 378. The molecule has 94 valence electrons. The Morgan fingerprint density at radius 3 is 2.35 bits per heavy atom. The zero-order valence-electron chi connectivity index (χ0n) is 10.4. The van der Waals surface area contributed by atoms with Gasteiger partial charge in [0.25, 0.3) is 0 Å². The van der Waals surface area contributed by atoms with Crippen LogP contribution in [0.3, 0.4) is 0 Å². The molecule has 1 rings (SSSR count). The highest BCUT2D eigenvalue weighted by Crippen LogP contribution is 2.23. The third kappa shape index (κ3) is 3.45. The van der Waals surface area contributed by atoms with Gasteiger partial charge in [0, 0.05) is 11.1 Å². The van der Waals surface area contributed by atoms with Crippen LogP contribution < -0.4 is 0 Å². The highest BCUT2D eigenvalue weighted by molar-refractivity contribution is 6.30. The van der Waals surface area contributed by atoms with E-state index in [2.05, 4.69) is 0 Å². The predicted octanol–water partition coefficient (Wildman–Crippen LogP) is 3.20. The lowest BCUT2D eigenvalue weighted by Crippen LogP contribution is -2.39. The van der Waals surface area contributed by atoms with Crippen molar-refractivity contribution < 1.29 is 9.90 Å². The number of carboxylic acids is 1. The largest absolute Gasteiger partial charge is 0.480 e. The molecule has 4 heteroatoms. The van der Waals surface area contributed by atoms with Crippen molar-refractivity contribution in [3.05, 3.63) is 34.9 Å². The van der Waals surface area contributed by atoms with E-state index in [-0.39, 0.29) is 6.04 Å². The molecule has 2 atom stereocenters. The van der Waals surface area contributed by atoms with Gasteiger partial charge < -0.3 is 5.11 Å². The van der Waals surface area contributed by atoms with Crippen molar-refractivity contribution in [2.45, 2.75) is 32.4 Å². The molecule has 2 unspecified atom stereocenters. The van der Waals surface area contributed by atoms with E-state index in [1.165, 1.54) is 0 Å². The normalized spacial score (nSPS) is 14.6. The lowest BCUT2D eigenvalue weighted by molar-refractivity contribution is -0.143. The Morgan fingerprint density at radius 2 is 1.94 bits per heavy atom. The number of carboxylic acid groups (broad SMARTS) is 1. The fraction of sp³-hybridized carbons (Fsp3) is 0.462. The number of hydrogen-bond donors (Lipinski definition) is 1. The number of hydrogen-bond acceptors (Lipinski definition) is 2. The Balaban J connectivity index is 2.84. The molecule has 0 saturated carbocycles. The maximum absolute atomic E-state index is 11.1. The molecule has 0 fully saturated rings. The van der Waals surface area contributed by atoms with Crippen LogP contribution in [0.4, 0.5) is 0 Å². The van der Waals surface area contributed by atoms with Crippen molar-refractivity contribution in [3.8, 4) is 0 Å². The van der Waals surface area contributed by atoms with Gasteiger partial charge in [-0.3, -0.25) is 9.69 Å². The summed E-state index contributed by atoms with van der Waals surface area (Å²) in [5, 5.41) is 9.81. The molecule has 0 radical (unpaired) electrons. The minimum absolute atomic E-state index is 0.0494. The number of likely N-dealkylation sites (N-methyl/N-ethyl adjacent to an activating group) is 1. The maximum Gasteiger partial charge on any atom is 0.320 e. The maximum atomic E-state index is 11.1. The molecular formula is C13H18ClNO2. The van der Waals surface area contributed by atoms with Crippen LogP contribution in [0.5, 0.6) is 0 Å². The molecule has 1 aromatic rings. The van der Waals surface area contributed by atoms with Gasteiger partial charge in [0.2, 0.25) is 0 Å². The van der Waals surface area contributed by atoms with E-state index in [9.17, 15) is 4.79 Å². The first-order chi connectivity index (χ1) is 7.97. The number of nitrogens with zero attached hydrogens (tertiary/aromatic N) is 1. The Morgan fingerprint density at radius 1 is 1.41 bits per heavy atom. The van der Waals surface area contributed by atoms with Gasteiger partial charge in [-0.05, 0) is 38.1 Å². The van der Waals surface area contributed by atoms with E-state index in [0.29, 0.717) is 11.4 Å². The van der Waals surface area contributed by atoms with Crippen molar-refractivity contribution in [1.29, 1.82) is 0 Å². The van der Waals surface area contributed by atoms with E-state index < -0.39 is 12.0 Å². The van der Waals surface area contributed by atoms with Crippen LogP contribution in [-0.4, -0.2) is 29.1 Å². The molecule has 1 N–H and O–H groups in total. The minimum atomic E-state index is -0.782. The van der Waals surface area contributed by atoms with Crippen LogP contribution in [0.1, 0.15) is 31.9 Å². The first-order valence-electron chi connectivity index (χ1n) is 5.67. The lowest BCUT2D eigenvalue weighted by atomic mass is 10.0. The average molecular weight is 256 g/mol. The summed E-state index contributed by atoms with van der Waals surface area (Å²) in [5.41, 5.74) is 1.07. The highest BCUT2D eigenvalue weighted by atomic mass is 35.5. The molecular weight excluding hydrogens is 238 g/mol. The topological polar surface area (TPSA) is 40.5 Å². The summed E-state index contributed by atoms with van der Waals surface area (Å²) in [6.07, 6.45) is 0.587. The molecule has 0 spiro atoms. The summed E-state index contributed by atoms with van der Waals surface area (Å²) in [7, 11) is 1.83. The second kappa shape index (κ2) is 6.03. The standard InChI is InChI=1S/C13H18ClNO2/c1-4-12(13(16)17)15(3)9(2)10-5-7-11(14)8-6-10/h5-9,12H,4H2,1-3H3,(H,16,17). The molecule has 0 aliphatic heterocycles. The van der Waals surface area contributed by atoms with Gasteiger partial charge in [-0.2, -0.15) is 0 Å². The van der Waals surface area contributed by atoms with Crippen LogP contribution >= 0.6 is 11.6 Å².